The second-order valence-electron chi connectivity index (χ2n) is 5.76. The Morgan fingerprint density at radius 3 is 1.93 bits per heavy atom. The van der Waals surface area contributed by atoms with Crippen molar-refractivity contribution in [1.29, 1.82) is 0 Å². The van der Waals surface area contributed by atoms with E-state index in [2.05, 4.69) is 26.8 Å². The van der Waals surface area contributed by atoms with Crippen LogP contribution in [0.1, 0.15) is 11.1 Å². The van der Waals surface area contributed by atoms with Crippen molar-refractivity contribution in [3.63, 3.8) is 0 Å². The molecule has 2 amide bonds. The summed E-state index contributed by atoms with van der Waals surface area (Å²) in [6.07, 6.45) is 0. The maximum absolute atomic E-state index is 11.8. The van der Waals surface area contributed by atoms with Crippen LogP contribution in [0.4, 0.5) is 0 Å². The summed E-state index contributed by atoms with van der Waals surface area (Å²) >= 11 is 3.37. The number of benzene rings is 2. The molecule has 144 valence electrons. The van der Waals surface area contributed by atoms with Gasteiger partial charge in [0.05, 0.1) is 11.6 Å². The van der Waals surface area contributed by atoms with Gasteiger partial charge < -0.3 is 14.2 Å². The summed E-state index contributed by atoms with van der Waals surface area (Å²) in [7, 11) is 1.52. The van der Waals surface area contributed by atoms with E-state index < -0.39 is 11.8 Å². The highest BCUT2D eigenvalue weighted by atomic mass is 79.9. The molecule has 0 saturated carbocycles. The molecule has 2 rings (SSSR count). The number of rotatable bonds is 7. The molecule has 7 nitrogen and oxygen atoms in total. The first-order chi connectivity index (χ1) is 12.9. The summed E-state index contributed by atoms with van der Waals surface area (Å²) < 4.78 is 16.8. The van der Waals surface area contributed by atoms with Gasteiger partial charge in [-0.15, -0.1) is 0 Å². The third-order valence-corrected chi connectivity index (χ3v) is 4.09. The SMILES string of the molecule is COc1cc(C)ccc1OCC(=O)NNC(=O)COc1ccc(C)cc1Br. The quantitative estimate of drug-likeness (QED) is 0.651. The van der Waals surface area contributed by atoms with Gasteiger partial charge in [0.2, 0.25) is 0 Å². The van der Waals surface area contributed by atoms with Crippen LogP contribution in [-0.4, -0.2) is 32.1 Å². The van der Waals surface area contributed by atoms with Crippen molar-refractivity contribution in [2.24, 2.45) is 0 Å². The average molecular weight is 437 g/mol. The van der Waals surface area contributed by atoms with Crippen LogP contribution in [0.25, 0.3) is 0 Å². The standard InChI is InChI=1S/C19H21BrN2O5/c1-12-4-6-15(14(20)8-12)26-10-18(23)21-22-19(24)11-27-16-7-5-13(2)9-17(16)25-3/h4-9H,10-11H2,1-3H3,(H,21,23)(H,22,24). The second-order valence-corrected chi connectivity index (χ2v) is 6.62. The molecule has 0 fully saturated rings. The van der Waals surface area contributed by atoms with Gasteiger partial charge in [0.1, 0.15) is 5.75 Å². The van der Waals surface area contributed by atoms with Crippen LogP contribution in [0.3, 0.4) is 0 Å². The van der Waals surface area contributed by atoms with Crippen molar-refractivity contribution in [2.45, 2.75) is 13.8 Å². The second kappa shape index (κ2) is 9.82. The van der Waals surface area contributed by atoms with Gasteiger partial charge in [0.15, 0.2) is 24.7 Å². The minimum atomic E-state index is -0.512. The summed E-state index contributed by atoms with van der Waals surface area (Å²) in [5.74, 6) is 0.504. The monoisotopic (exact) mass is 436 g/mol. The first kappa shape index (κ1) is 20.6. The van der Waals surface area contributed by atoms with Crippen LogP contribution in [0.5, 0.6) is 17.2 Å². The van der Waals surface area contributed by atoms with Crippen LogP contribution in [0.15, 0.2) is 40.9 Å². The molecule has 8 heteroatoms. The lowest BCUT2D eigenvalue weighted by Gasteiger charge is -2.12. The number of ether oxygens (including phenoxy) is 3. The number of carbonyl (C=O) groups excluding carboxylic acids is 2. The van der Waals surface area contributed by atoms with Gasteiger partial charge >= 0.3 is 0 Å². The van der Waals surface area contributed by atoms with E-state index in [1.54, 1.807) is 18.2 Å². The lowest BCUT2D eigenvalue weighted by atomic mass is 10.2. The van der Waals surface area contributed by atoms with E-state index in [4.69, 9.17) is 14.2 Å². The predicted molar refractivity (Wildman–Crippen MR) is 104 cm³/mol. The largest absolute Gasteiger partial charge is 0.493 e. The number of aryl methyl sites for hydroxylation is 2. The molecule has 0 atom stereocenters. The van der Waals surface area contributed by atoms with Crippen molar-refractivity contribution in [2.75, 3.05) is 20.3 Å². The predicted octanol–water partition coefficient (Wildman–Crippen LogP) is 2.68. The number of hydrogen-bond donors (Lipinski definition) is 2. The van der Waals surface area contributed by atoms with Crippen molar-refractivity contribution in [1.82, 2.24) is 10.9 Å². The van der Waals surface area contributed by atoms with Gasteiger partial charge in [0.25, 0.3) is 11.8 Å². The minimum absolute atomic E-state index is 0.241. The van der Waals surface area contributed by atoms with Crippen LogP contribution in [-0.2, 0) is 9.59 Å². The normalized spacial score (nSPS) is 10.1. The third kappa shape index (κ3) is 6.49. The van der Waals surface area contributed by atoms with Crippen molar-refractivity contribution < 1.29 is 23.8 Å². The Kier molecular flexibility index (Phi) is 7.48. The number of methoxy groups -OCH3 is 1. The summed E-state index contributed by atoms with van der Waals surface area (Å²) in [6.45, 7) is 3.36. The molecule has 2 aromatic rings. The molecular formula is C19H21BrN2O5. The lowest BCUT2D eigenvalue weighted by Crippen LogP contribution is -2.45. The Bertz CT molecular complexity index is 826. The molecule has 0 aliphatic heterocycles. The summed E-state index contributed by atoms with van der Waals surface area (Å²) in [4.78, 5) is 23.6. The highest BCUT2D eigenvalue weighted by Crippen LogP contribution is 2.27. The number of halogens is 1. The molecule has 0 spiro atoms. The third-order valence-electron chi connectivity index (χ3n) is 3.47. The zero-order chi connectivity index (χ0) is 19.8. The first-order valence-electron chi connectivity index (χ1n) is 8.13. The number of nitrogens with one attached hydrogen (secondary N) is 2. The van der Waals surface area contributed by atoms with Gasteiger partial charge in [-0.25, -0.2) is 0 Å². The molecule has 0 bridgehead atoms. The molecule has 2 N–H and O–H groups in total. The molecule has 0 unspecified atom stereocenters. The molecule has 0 heterocycles. The molecule has 0 saturated heterocycles. The van der Waals surface area contributed by atoms with Crippen molar-refractivity contribution in [3.05, 3.63) is 52.0 Å². The van der Waals surface area contributed by atoms with E-state index in [-0.39, 0.29) is 13.2 Å². The minimum Gasteiger partial charge on any atom is -0.493 e. The average Bonchev–Trinajstić information content (AvgIpc) is 2.64. The highest BCUT2D eigenvalue weighted by Gasteiger charge is 2.10. The molecule has 0 radical (unpaired) electrons. The highest BCUT2D eigenvalue weighted by molar-refractivity contribution is 9.10. The Balaban J connectivity index is 1.74. The van der Waals surface area contributed by atoms with E-state index in [0.717, 1.165) is 15.6 Å². The van der Waals surface area contributed by atoms with E-state index in [1.807, 2.05) is 32.0 Å². The maximum Gasteiger partial charge on any atom is 0.276 e. The summed E-state index contributed by atoms with van der Waals surface area (Å²) in [5, 5.41) is 0. The molecule has 0 aromatic heterocycles. The Labute approximate surface area is 166 Å². The zero-order valence-corrected chi connectivity index (χ0v) is 16.9. The number of amides is 2. The fourth-order valence-corrected chi connectivity index (χ4v) is 2.72. The summed E-state index contributed by atoms with van der Waals surface area (Å²) in [6, 6.07) is 10.9. The summed E-state index contributed by atoms with van der Waals surface area (Å²) in [5.41, 5.74) is 6.61. The Morgan fingerprint density at radius 1 is 0.852 bits per heavy atom. The smallest absolute Gasteiger partial charge is 0.276 e. The molecule has 2 aromatic carbocycles. The van der Waals surface area contributed by atoms with Gasteiger partial charge in [-0.1, -0.05) is 12.1 Å². The number of hydrogen-bond acceptors (Lipinski definition) is 5. The van der Waals surface area contributed by atoms with E-state index >= 15 is 0 Å². The molecule has 0 aliphatic carbocycles. The lowest BCUT2D eigenvalue weighted by molar-refractivity contribution is -0.131. The Hall–Kier alpha value is -2.74. The topological polar surface area (TPSA) is 85.9 Å². The Morgan fingerprint density at radius 2 is 1.37 bits per heavy atom. The molecule has 0 aliphatic rings. The van der Waals surface area contributed by atoms with Crippen LogP contribution < -0.4 is 25.1 Å². The fourth-order valence-electron chi connectivity index (χ4n) is 2.12. The number of hydrazine groups is 1. The van der Waals surface area contributed by atoms with Gasteiger partial charge in [-0.3, -0.25) is 20.4 Å². The molecular weight excluding hydrogens is 416 g/mol. The van der Waals surface area contributed by atoms with Crippen molar-refractivity contribution >= 4 is 27.7 Å². The van der Waals surface area contributed by atoms with Gasteiger partial charge in [-0.05, 0) is 65.2 Å². The molecule has 27 heavy (non-hydrogen) atoms. The van der Waals surface area contributed by atoms with Crippen LogP contribution >= 0.6 is 15.9 Å². The van der Waals surface area contributed by atoms with Crippen LogP contribution in [0.2, 0.25) is 0 Å². The van der Waals surface area contributed by atoms with Crippen molar-refractivity contribution in [3.8, 4) is 17.2 Å². The van der Waals surface area contributed by atoms with Gasteiger partial charge in [0, 0.05) is 0 Å². The van der Waals surface area contributed by atoms with Gasteiger partial charge in [-0.2, -0.15) is 0 Å². The number of carbonyl (C=O) groups is 2. The van der Waals surface area contributed by atoms with E-state index in [1.165, 1.54) is 7.11 Å². The fraction of sp³-hybridized carbons (Fsp3) is 0.263. The van der Waals surface area contributed by atoms with E-state index in [0.29, 0.717) is 17.2 Å². The zero-order valence-electron chi connectivity index (χ0n) is 15.3. The van der Waals surface area contributed by atoms with E-state index in [9.17, 15) is 9.59 Å². The maximum atomic E-state index is 11.8. The first-order valence-corrected chi connectivity index (χ1v) is 8.92. The van der Waals surface area contributed by atoms with Crippen LogP contribution in [0, 0.1) is 13.8 Å².